The van der Waals surface area contributed by atoms with Gasteiger partial charge in [-0.1, -0.05) is 43.6 Å². The third-order valence-electron chi connectivity index (χ3n) is 4.07. The van der Waals surface area contributed by atoms with Crippen molar-refractivity contribution in [2.75, 3.05) is 13.2 Å². The molecule has 0 atom stereocenters. The number of nitrogens with zero attached hydrogens (tertiary/aromatic N) is 2. The maximum absolute atomic E-state index is 13.1. The van der Waals surface area contributed by atoms with Crippen molar-refractivity contribution in [1.29, 1.82) is 0 Å². The van der Waals surface area contributed by atoms with Crippen LogP contribution in [-0.2, 0) is 4.79 Å². The van der Waals surface area contributed by atoms with E-state index in [1.54, 1.807) is 23.1 Å². The molecule has 0 spiro atoms. The second-order valence-electron chi connectivity index (χ2n) is 6.93. The van der Waals surface area contributed by atoms with Gasteiger partial charge in [-0.3, -0.25) is 9.69 Å². The van der Waals surface area contributed by atoms with E-state index in [0.717, 1.165) is 5.69 Å². The van der Waals surface area contributed by atoms with Gasteiger partial charge in [-0.25, -0.2) is 4.99 Å². The van der Waals surface area contributed by atoms with Gasteiger partial charge in [-0.05, 0) is 60.5 Å². The molecule has 1 aliphatic heterocycles. The molecule has 1 N–H and O–H groups in total. The molecule has 1 heterocycles. The van der Waals surface area contributed by atoms with E-state index < -0.39 is 0 Å². The number of hydrogen-bond acceptors (Lipinski definition) is 5. The number of hydrogen-bond donors (Lipinski definition) is 1. The normalized spacial score (nSPS) is 17.0. The number of rotatable bonds is 6. The van der Waals surface area contributed by atoms with E-state index in [-0.39, 0.29) is 16.7 Å². The summed E-state index contributed by atoms with van der Waals surface area (Å²) in [5.41, 5.74) is 1.47. The van der Waals surface area contributed by atoms with Crippen LogP contribution in [0.15, 0.2) is 52.4 Å². The Morgan fingerprint density at radius 2 is 2.00 bits per heavy atom. The van der Waals surface area contributed by atoms with Crippen molar-refractivity contribution < 1.29 is 14.6 Å². The lowest BCUT2D eigenvalue weighted by Crippen LogP contribution is -2.32. The van der Waals surface area contributed by atoms with Crippen LogP contribution in [0.4, 0.5) is 5.69 Å². The molecule has 1 saturated heterocycles. The molecule has 0 aliphatic carbocycles. The largest absolute Gasteiger partial charge is 0.503 e. The maximum Gasteiger partial charge on any atom is 0.266 e. The number of amidine groups is 1. The Morgan fingerprint density at radius 1 is 1.28 bits per heavy atom. The second kappa shape index (κ2) is 9.37. The number of ether oxygens (including phenoxy) is 1. The van der Waals surface area contributed by atoms with E-state index in [2.05, 4.69) is 18.8 Å². The van der Waals surface area contributed by atoms with E-state index in [4.69, 9.17) is 16.3 Å². The van der Waals surface area contributed by atoms with Crippen molar-refractivity contribution in [2.24, 2.45) is 10.9 Å². The molecule has 3 rings (SSSR count). The van der Waals surface area contributed by atoms with Crippen molar-refractivity contribution in [1.82, 2.24) is 4.90 Å². The van der Waals surface area contributed by atoms with E-state index >= 15 is 0 Å². The zero-order valence-corrected chi connectivity index (χ0v) is 18.1. The Hall–Kier alpha value is -2.44. The minimum absolute atomic E-state index is 0.0967. The first kappa shape index (κ1) is 21.3. The fourth-order valence-electron chi connectivity index (χ4n) is 2.82. The first-order valence-electron chi connectivity index (χ1n) is 9.39. The zero-order chi connectivity index (χ0) is 21.0. The average molecular weight is 431 g/mol. The molecule has 152 valence electrons. The lowest BCUT2D eigenvalue weighted by atomic mass is 10.1. The number of carbonyl (C=O) groups excluding carboxylic acids is 1. The second-order valence-corrected chi connectivity index (χ2v) is 8.35. The first-order chi connectivity index (χ1) is 13.9. The van der Waals surface area contributed by atoms with Crippen molar-refractivity contribution in [3.8, 4) is 11.5 Å². The van der Waals surface area contributed by atoms with Gasteiger partial charge < -0.3 is 9.84 Å². The molecule has 7 heteroatoms. The van der Waals surface area contributed by atoms with Gasteiger partial charge in [0.05, 0.1) is 22.2 Å². The summed E-state index contributed by atoms with van der Waals surface area (Å²) in [5.74, 6) is 0.390. The fourth-order valence-corrected chi connectivity index (χ4v) is 4.05. The summed E-state index contributed by atoms with van der Waals surface area (Å²) in [6.45, 7) is 6.93. The smallest absolute Gasteiger partial charge is 0.266 e. The number of thioether (sulfide) groups is 1. The molecule has 29 heavy (non-hydrogen) atoms. The van der Waals surface area contributed by atoms with Crippen molar-refractivity contribution in [2.45, 2.75) is 20.8 Å². The minimum Gasteiger partial charge on any atom is -0.503 e. The molecule has 1 amide bonds. The van der Waals surface area contributed by atoms with E-state index in [0.29, 0.717) is 40.5 Å². The number of para-hydroxylation sites is 1. The monoisotopic (exact) mass is 430 g/mol. The number of amides is 1. The van der Waals surface area contributed by atoms with Crippen LogP contribution in [0.5, 0.6) is 11.5 Å². The van der Waals surface area contributed by atoms with Crippen LogP contribution in [0.25, 0.3) is 6.08 Å². The quantitative estimate of drug-likeness (QED) is 0.596. The topological polar surface area (TPSA) is 62.1 Å². The Bertz CT molecular complexity index is 958. The SMILES string of the molecule is CCOc1cc(/C=C2\SC(=Nc3ccccc3)N(CC(C)C)C2=O)cc(Cl)c1O. The van der Waals surface area contributed by atoms with Crippen LogP contribution in [0.1, 0.15) is 26.3 Å². The lowest BCUT2D eigenvalue weighted by molar-refractivity contribution is -0.122. The highest BCUT2D eigenvalue weighted by Gasteiger charge is 2.33. The average Bonchev–Trinajstić information content (AvgIpc) is 2.95. The molecule has 2 aromatic carbocycles. The summed E-state index contributed by atoms with van der Waals surface area (Å²) in [4.78, 5) is 20.0. The molecule has 1 fully saturated rings. The first-order valence-corrected chi connectivity index (χ1v) is 10.6. The van der Waals surface area contributed by atoms with Gasteiger partial charge in [-0.15, -0.1) is 0 Å². The summed E-state index contributed by atoms with van der Waals surface area (Å²) in [5, 5.41) is 10.9. The highest BCUT2D eigenvalue weighted by atomic mass is 35.5. The van der Waals surface area contributed by atoms with Gasteiger partial charge in [0.25, 0.3) is 5.91 Å². The number of benzene rings is 2. The van der Waals surface area contributed by atoms with Crippen LogP contribution in [0, 0.1) is 5.92 Å². The van der Waals surface area contributed by atoms with Crippen molar-refractivity contribution in [3.63, 3.8) is 0 Å². The Kier molecular flexibility index (Phi) is 6.87. The fraction of sp³-hybridized carbons (Fsp3) is 0.273. The molecule has 1 aliphatic rings. The molecule has 0 unspecified atom stereocenters. The molecule has 0 saturated carbocycles. The van der Waals surface area contributed by atoms with Crippen molar-refractivity contribution in [3.05, 3.63) is 58.0 Å². The molecular formula is C22H23ClN2O3S. The molecule has 0 bridgehead atoms. The number of phenols is 1. The third-order valence-corrected chi connectivity index (χ3v) is 5.36. The van der Waals surface area contributed by atoms with Gasteiger partial charge >= 0.3 is 0 Å². The number of aliphatic imine (C=N–C) groups is 1. The lowest BCUT2D eigenvalue weighted by Gasteiger charge is -2.17. The Balaban J connectivity index is 1.98. The summed E-state index contributed by atoms with van der Waals surface area (Å²) in [7, 11) is 0. The van der Waals surface area contributed by atoms with Crippen LogP contribution in [-0.4, -0.2) is 34.2 Å². The highest BCUT2D eigenvalue weighted by molar-refractivity contribution is 8.18. The molecule has 0 aromatic heterocycles. The number of phenolic OH excluding ortho intramolecular Hbond substituents is 1. The standard InChI is InChI=1S/C22H23ClN2O3S/c1-4-28-18-11-15(10-17(23)20(18)26)12-19-21(27)25(13-14(2)3)22(29-19)24-16-8-6-5-7-9-16/h5-12,14,26H,4,13H2,1-3H3/b19-12-,24-22?. The Morgan fingerprint density at radius 3 is 2.66 bits per heavy atom. The number of carbonyl (C=O) groups is 1. The van der Waals surface area contributed by atoms with Gasteiger partial charge in [0.15, 0.2) is 16.7 Å². The third kappa shape index (κ3) is 5.14. The van der Waals surface area contributed by atoms with Gasteiger partial charge in [-0.2, -0.15) is 0 Å². The highest BCUT2D eigenvalue weighted by Crippen LogP contribution is 2.38. The Labute approximate surface area is 180 Å². The molecule has 2 aromatic rings. The van der Waals surface area contributed by atoms with E-state index in [9.17, 15) is 9.90 Å². The predicted octanol–water partition coefficient (Wildman–Crippen LogP) is 5.70. The van der Waals surface area contributed by atoms with Crippen LogP contribution in [0.3, 0.4) is 0 Å². The summed E-state index contributed by atoms with van der Waals surface area (Å²) < 4.78 is 5.43. The van der Waals surface area contributed by atoms with Gasteiger partial charge in [0.1, 0.15) is 0 Å². The maximum atomic E-state index is 13.1. The molecular weight excluding hydrogens is 408 g/mol. The molecule has 5 nitrogen and oxygen atoms in total. The summed E-state index contributed by atoms with van der Waals surface area (Å²) in [6.07, 6.45) is 1.75. The minimum atomic E-state index is -0.103. The number of halogens is 1. The zero-order valence-electron chi connectivity index (χ0n) is 16.6. The van der Waals surface area contributed by atoms with Crippen LogP contribution < -0.4 is 4.74 Å². The molecule has 0 radical (unpaired) electrons. The van der Waals surface area contributed by atoms with E-state index in [1.165, 1.54) is 11.8 Å². The van der Waals surface area contributed by atoms with Gasteiger partial charge in [0, 0.05) is 6.54 Å². The van der Waals surface area contributed by atoms with Crippen molar-refractivity contribution >= 4 is 46.2 Å². The van der Waals surface area contributed by atoms with Gasteiger partial charge in [0.2, 0.25) is 0 Å². The van der Waals surface area contributed by atoms with Crippen LogP contribution >= 0.6 is 23.4 Å². The number of aromatic hydroxyl groups is 1. The van der Waals surface area contributed by atoms with Crippen LogP contribution in [0.2, 0.25) is 5.02 Å². The predicted molar refractivity (Wildman–Crippen MR) is 120 cm³/mol. The summed E-state index contributed by atoms with van der Waals surface area (Å²) >= 11 is 7.45. The van der Waals surface area contributed by atoms with E-state index in [1.807, 2.05) is 37.3 Å². The summed E-state index contributed by atoms with van der Waals surface area (Å²) in [6, 6.07) is 12.8.